The van der Waals surface area contributed by atoms with Crippen molar-refractivity contribution in [2.24, 2.45) is 0 Å². The molecule has 1 aromatic carbocycles. The molecule has 1 N–H and O–H groups in total. The number of benzene rings is 1. The summed E-state index contributed by atoms with van der Waals surface area (Å²) in [5.41, 5.74) is 1.89. The minimum atomic E-state index is -0.160. The number of thioether (sulfide) groups is 1. The van der Waals surface area contributed by atoms with Gasteiger partial charge < -0.3 is 0 Å². The fourth-order valence-electron chi connectivity index (χ4n) is 3.24. The van der Waals surface area contributed by atoms with Crippen molar-refractivity contribution in [1.29, 1.82) is 0 Å². The van der Waals surface area contributed by atoms with E-state index in [-0.39, 0.29) is 16.7 Å². The SMILES string of the molecule is CC(C)N(C(C)C)C(C)Sc1nnc(NC(=O)c2ccc(C(C)(C)C)cc2)s1. The molecular formula is C21H32N4OS2. The van der Waals surface area contributed by atoms with Crippen LogP contribution in [0.1, 0.15) is 71.3 Å². The van der Waals surface area contributed by atoms with E-state index in [0.29, 0.717) is 22.8 Å². The number of carbonyl (C=O) groups is 1. The Morgan fingerprint density at radius 2 is 1.61 bits per heavy atom. The van der Waals surface area contributed by atoms with Crippen molar-refractivity contribution >= 4 is 34.1 Å². The van der Waals surface area contributed by atoms with E-state index in [2.05, 4.69) is 75.8 Å². The lowest BCUT2D eigenvalue weighted by molar-refractivity contribution is 0.102. The van der Waals surface area contributed by atoms with Crippen LogP contribution in [-0.4, -0.2) is 38.5 Å². The average Bonchev–Trinajstić information content (AvgIpc) is 3.00. The van der Waals surface area contributed by atoms with Gasteiger partial charge in [-0.3, -0.25) is 15.0 Å². The maximum absolute atomic E-state index is 12.5. The summed E-state index contributed by atoms with van der Waals surface area (Å²) < 4.78 is 0.859. The molecule has 0 aliphatic carbocycles. The number of hydrogen-bond donors (Lipinski definition) is 1. The second-order valence-corrected chi connectivity index (χ2v) is 11.0. The fraction of sp³-hybridized carbons (Fsp3) is 0.571. The first-order chi connectivity index (χ1) is 13.0. The second-order valence-electron chi connectivity index (χ2n) is 8.51. The standard InChI is InChI=1S/C21H32N4OS2/c1-13(2)25(14(3)4)15(5)27-20-24-23-19(28-20)22-18(26)16-9-11-17(12-10-16)21(6,7)8/h9-15H,1-8H3,(H,22,23,26). The van der Waals surface area contributed by atoms with Gasteiger partial charge in [0.25, 0.3) is 5.91 Å². The summed E-state index contributed by atoms with van der Waals surface area (Å²) in [6, 6.07) is 8.63. The second kappa shape index (κ2) is 9.37. The van der Waals surface area contributed by atoms with E-state index in [1.54, 1.807) is 11.8 Å². The molecule has 2 aromatic rings. The summed E-state index contributed by atoms with van der Waals surface area (Å²) in [5.74, 6) is -0.160. The molecule has 28 heavy (non-hydrogen) atoms. The highest BCUT2D eigenvalue weighted by molar-refractivity contribution is 8.01. The van der Waals surface area contributed by atoms with Crippen molar-refractivity contribution < 1.29 is 4.79 Å². The van der Waals surface area contributed by atoms with Crippen LogP contribution < -0.4 is 5.32 Å². The third-order valence-electron chi connectivity index (χ3n) is 4.52. The van der Waals surface area contributed by atoms with Gasteiger partial charge in [0.2, 0.25) is 5.13 Å². The van der Waals surface area contributed by atoms with E-state index in [4.69, 9.17) is 0 Å². The molecule has 0 fully saturated rings. The van der Waals surface area contributed by atoms with E-state index < -0.39 is 0 Å². The molecule has 0 spiro atoms. The van der Waals surface area contributed by atoms with Crippen molar-refractivity contribution in [2.75, 3.05) is 5.32 Å². The van der Waals surface area contributed by atoms with Gasteiger partial charge >= 0.3 is 0 Å². The highest BCUT2D eigenvalue weighted by Gasteiger charge is 2.23. The Kier molecular flexibility index (Phi) is 7.65. The maximum Gasteiger partial charge on any atom is 0.257 e. The number of aromatic nitrogens is 2. The fourth-order valence-corrected chi connectivity index (χ4v) is 5.55. The third-order valence-corrected chi connectivity index (χ3v) is 6.56. The quantitative estimate of drug-likeness (QED) is 0.356. The highest BCUT2D eigenvalue weighted by atomic mass is 32.2. The van der Waals surface area contributed by atoms with Crippen LogP contribution in [0.5, 0.6) is 0 Å². The lowest BCUT2D eigenvalue weighted by Gasteiger charge is -2.35. The van der Waals surface area contributed by atoms with Gasteiger partial charge in [-0.2, -0.15) is 0 Å². The maximum atomic E-state index is 12.5. The molecule has 1 aromatic heterocycles. The van der Waals surface area contributed by atoms with Gasteiger partial charge in [0.1, 0.15) is 0 Å². The van der Waals surface area contributed by atoms with Crippen molar-refractivity contribution in [2.45, 2.75) is 82.6 Å². The van der Waals surface area contributed by atoms with Crippen molar-refractivity contribution in [3.63, 3.8) is 0 Å². The van der Waals surface area contributed by atoms with Gasteiger partial charge in [-0.05, 0) is 57.7 Å². The minimum absolute atomic E-state index is 0.0664. The summed E-state index contributed by atoms with van der Waals surface area (Å²) in [7, 11) is 0. The first-order valence-electron chi connectivity index (χ1n) is 9.68. The molecule has 7 heteroatoms. The summed E-state index contributed by atoms with van der Waals surface area (Å²) in [5, 5.41) is 12.0. The lowest BCUT2D eigenvalue weighted by atomic mass is 9.87. The molecule has 0 bridgehead atoms. The van der Waals surface area contributed by atoms with Gasteiger partial charge in [-0.25, -0.2) is 0 Å². The molecule has 0 saturated carbocycles. The first-order valence-corrected chi connectivity index (χ1v) is 11.4. The molecule has 1 amide bonds. The molecule has 1 unspecified atom stereocenters. The smallest absolute Gasteiger partial charge is 0.257 e. The zero-order valence-corrected chi connectivity index (χ0v) is 19.7. The van der Waals surface area contributed by atoms with E-state index in [1.165, 1.54) is 16.9 Å². The Morgan fingerprint density at radius 3 is 2.11 bits per heavy atom. The molecule has 154 valence electrons. The van der Waals surface area contributed by atoms with Gasteiger partial charge in [0.15, 0.2) is 4.34 Å². The van der Waals surface area contributed by atoms with Gasteiger partial charge in [-0.15, -0.1) is 10.2 Å². The summed E-state index contributed by atoms with van der Waals surface area (Å²) in [6.07, 6.45) is 0. The highest BCUT2D eigenvalue weighted by Crippen LogP contribution is 2.32. The zero-order chi connectivity index (χ0) is 21.1. The molecule has 0 aliphatic rings. The Labute approximate surface area is 177 Å². The van der Waals surface area contributed by atoms with Crippen molar-refractivity contribution in [3.8, 4) is 0 Å². The van der Waals surface area contributed by atoms with Crippen LogP contribution >= 0.6 is 23.1 Å². The molecule has 0 aliphatic heterocycles. The van der Waals surface area contributed by atoms with Gasteiger partial charge in [-0.1, -0.05) is 56.0 Å². The Bertz CT molecular complexity index is 770. The number of nitrogens with zero attached hydrogens (tertiary/aromatic N) is 3. The minimum Gasteiger partial charge on any atom is -0.296 e. The number of nitrogens with one attached hydrogen (secondary N) is 1. The van der Waals surface area contributed by atoms with E-state index in [9.17, 15) is 4.79 Å². The number of amides is 1. The molecule has 2 rings (SSSR count). The number of hydrogen-bond acceptors (Lipinski definition) is 6. The molecule has 1 atom stereocenters. The predicted octanol–water partition coefficient (Wildman–Crippen LogP) is 5.64. The number of anilines is 1. The number of rotatable bonds is 7. The van der Waals surface area contributed by atoms with Gasteiger partial charge in [0, 0.05) is 17.6 Å². The Balaban J connectivity index is 2.01. The predicted molar refractivity (Wildman–Crippen MR) is 120 cm³/mol. The van der Waals surface area contributed by atoms with Crippen LogP contribution in [0, 0.1) is 0 Å². The summed E-state index contributed by atoms with van der Waals surface area (Å²) >= 11 is 3.09. The van der Waals surface area contributed by atoms with E-state index in [0.717, 1.165) is 4.34 Å². The number of carbonyl (C=O) groups excluding carboxylic acids is 1. The van der Waals surface area contributed by atoms with Crippen LogP contribution in [0.3, 0.4) is 0 Å². The van der Waals surface area contributed by atoms with Crippen molar-refractivity contribution in [1.82, 2.24) is 15.1 Å². The van der Waals surface area contributed by atoms with Crippen molar-refractivity contribution in [3.05, 3.63) is 35.4 Å². The molecule has 5 nitrogen and oxygen atoms in total. The van der Waals surface area contributed by atoms with E-state index in [1.807, 2.05) is 24.3 Å². The normalized spacial score (nSPS) is 13.4. The molecular weight excluding hydrogens is 388 g/mol. The zero-order valence-electron chi connectivity index (χ0n) is 18.1. The molecule has 0 radical (unpaired) electrons. The summed E-state index contributed by atoms with van der Waals surface area (Å²) in [6.45, 7) is 17.5. The Hall–Kier alpha value is -1.44. The van der Waals surface area contributed by atoms with Crippen LogP contribution in [0.4, 0.5) is 5.13 Å². The third kappa shape index (κ3) is 6.03. The average molecular weight is 421 g/mol. The van der Waals surface area contributed by atoms with Gasteiger partial charge in [0.05, 0.1) is 5.37 Å². The van der Waals surface area contributed by atoms with E-state index >= 15 is 0 Å². The van der Waals surface area contributed by atoms with Crippen LogP contribution in [0.25, 0.3) is 0 Å². The largest absolute Gasteiger partial charge is 0.296 e. The Morgan fingerprint density at radius 1 is 1.04 bits per heavy atom. The first kappa shape index (κ1) is 22.8. The monoisotopic (exact) mass is 420 g/mol. The summed E-state index contributed by atoms with van der Waals surface area (Å²) in [4.78, 5) is 14.9. The molecule has 1 heterocycles. The topological polar surface area (TPSA) is 58.1 Å². The van der Waals surface area contributed by atoms with Crippen LogP contribution in [0.15, 0.2) is 28.6 Å². The lowest BCUT2D eigenvalue weighted by Crippen LogP contribution is -2.41. The van der Waals surface area contributed by atoms with Crippen LogP contribution in [-0.2, 0) is 5.41 Å². The molecule has 0 saturated heterocycles. The van der Waals surface area contributed by atoms with Crippen LogP contribution in [0.2, 0.25) is 0 Å².